The second-order valence-corrected chi connectivity index (χ2v) is 23.6. The Labute approximate surface area is 259 Å². The van der Waals surface area contributed by atoms with E-state index in [2.05, 4.69) is 88.7 Å². The topological polar surface area (TPSA) is 93.1 Å². The van der Waals surface area contributed by atoms with Gasteiger partial charge in [0.2, 0.25) is 14.0 Å². The highest BCUT2D eigenvalue weighted by Crippen LogP contribution is 2.39. The molecule has 8 nitrogen and oxygen atoms in total. The predicted octanol–water partition coefficient (Wildman–Crippen LogP) is 8.24. The van der Waals surface area contributed by atoms with Crippen LogP contribution < -0.4 is 20.6 Å². The van der Waals surface area contributed by atoms with Gasteiger partial charge < -0.3 is 14.2 Å². The number of carbonyl (C=O) groups excluding carboxylic acids is 2. The number of benzene rings is 2. The number of rotatable bonds is 9. The Balaban J connectivity index is 2.29. The summed E-state index contributed by atoms with van der Waals surface area (Å²) in [5, 5.41) is 3.50. The van der Waals surface area contributed by atoms with Crippen molar-refractivity contribution in [2.24, 2.45) is 0 Å². The van der Waals surface area contributed by atoms with Gasteiger partial charge >= 0.3 is 0 Å². The summed E-state index contributed by atoms with van der Waals surface area (Å²) in [6, 6.07) is 9.41. The van der Waals surface area contributed by atoms with Crippen molar-refractivity contribution < 1.29 is 18.4 Å². The lowest BCUT2D eigenvalue weighted by Crippen LogP contribution is -2.55. The summed E-state index contributed by atoms with van der Waals surface area (Å²) in [7, 11) is -4.35. The molecule has 0 heterocycles. The zero-order valence-electron chi connectivity index (χ0n) is 27.1. The first-order chi connectivity index (χ1) is 19.1. The first-order valence-corrected chi connectivity index (χ1v) is 20.3. The summed E-state index contributed by atoms with van der Waals surface area (Å²) < 4.78 is 12.9. The predicted molar refractivity (Wildman–Crippen MR) is 177 cm³/mol. The van der Waals surface area contributed by atoms with Gasteiger partial charge in [0.1, 0.15) is 11.8 Å². The van der Waals surface area contributed by atoms with Crippen LogP contribution in [0.5, 0.6) is 5.75 Å². The van der Waals surface area contributed by atoms with E-state index in [9.17, 15) is 9.59 Å². The first-order valence-electron chi connectivity index (χ1n) is 14.1. The second-order valence-electron chi connectivity index (χ2n) is 13.7. The van der Waals surface area contributed by atoms with E-state index >= 15 is 0 Å². The minimum Gasteiger partial charge on any atom is -0.543 e. The van der Waals surface area contributed by atoms with Crippen molar-refractivity contribution in [1.29, 1.82) is 0 Å². The molecule has 0 fully saturated rings. The number of hydrazine groups is 1. The van der Waals surface area contributed by atoms with Gasteiger partial charge in [0.25, 0.3) is 11.8 Å². The highest BCUT2D eigenvalue weighted by Gasteiger charge is 2.41. The quantitative estimate of drug-likeness (QED) is 0.147. The highest BCUT2D eigenvalue weighted by molar-refractivity contribution is 6.75. The Kier molecular flexibility index (Phi) is 11.1. The summed E-state index contributed by atoms with van der Waals surface area (Å²) in [6.45, 7) is 32.3. The van der Waals surface area contributed by atoms with Crippen molar-refractivity contribution in [2.45, 2.75) is 104 Å². The van der Waals surface area contributed by atoms with E-state index < -0.39 is 40.6 Å². The van der Waals surface area contributed by atoms with Gasteiger partial charge in [-0.25, -0.2) is 4.85 Å². The molecule has 2 atom stereocenters. The van der Waals surface area contributed by atoms with Gasteiger partial charge in [0.15, 0.2) is 8.32 Å². The van der Waals surface area contributed by atoms with E-state index in [-0.39, 0.29) is 10.1 Å². The molecule has 0 saturated carbocycles. The lowest BCUT2D eigenvalue weighted by molar-refractivity contribution is -0.124. The van der Waals surface area contributed by atoms with Crippen LogP contribution in [0.3, 0.4) is 0 Å². The number of nitrogens with one attached hydrogen (secondary N) is 3. The molecule has 0 radical (unpaired) electrons. The molecule has 0 unspecified atom stereocenters. The lowest BCUT2D eigenvalue weighted by Gasteiger charge is -2.40. The molecule has 42 heavy (non-hydrogen) atoms. The molecule has 0 aliphatic rings. The molecule has 230 valence electrons. The Bertz CT molecular complexity index is 1340. The van der Waals surface area contributed by atoms with Gasteiger partial charge in [0.05, 0.1) is 17.7 Å². The van der Waals surface area contributed by atoms with Crippen molar-refractivity contribution in [3.63, 3.8) is 0 Å². The Morgan fingerprint density at radius 2 is 1.55 bits per heavy atom. The van der Waals surface area contributed by atoms with Gasteiger partial charge in [0, 0.05) is 11.3 Å². The summed E-state index contributed by atoms with van der Waals surface area (Å²) in [4.78, 5) is 30.1. The number of nitrogens with zero attached hydrogens (tertiary/aromatic N) is 1. The molecule has 0 bridgehead atoms. The van der Waals surface area contributed by atoms with Crippen molar-refractivity contribution in [3.05, 3.63) is 64.0 Å². The first kappa shape index (κ1) is 35.4. The van der Waals surface area contributed by atoms with E-state index in [1.807, 2.05) is 13.0 Å². The monoisotopic (exact) mass is 630 g/mol. The van der Waals surface area contributed by atoms with Crippen molar-refractivity contribution in [1.82, 2.24) is 10.9 Å². The number of hydrogen-bond acceptors (Lipinski definition) is 5. The minimum atomic E-state index is -2.25. The van der Waals surface area contributed by atoms with E-state index in [0.29, 0.717) is 33.3 Å². The van der Waals surface area contributed by atoms with Crippen LogP contribution in [0, 0.1) is 13.5 Å². The number of amides is 2. The maximum absolute atomic E-state index is 13.6. The van der Waals surface area contributed by atoms with Gasteiger partial charge in [-0.3, -0.25) is 20.4 Å². The third-order valence-electron chi connectivity index (χ3n) is 8.41. The van der Waals surface area contributed by atoms with Gasteiger partial charge in [-0.15, -0.1) is 0 Å². The van der Waals surface area contributed by atoms with Gasteiger partial charge in [-0.2, -0.15) is 0 Å². The van der Waals surface area contributed by atoms with Crippen molar-refractivity contribution >= 4 is 51.4 Å². The molecule has 2 aromatic rings. The van der Waals surface area contributed by atoms with Crippen LogP contribution in [0.1, 0.15) is 64.4 Å². The number of hydrogen-bond donors (Lipinski definition) is 3. The Morgan fingerprint density at radius 3 is 2.10 bits per heavy atom. The number of halogens is 1. The average Bonchev–Trinajstić information content (AvgIpc) is 2.86. The SMILES string of the molecule is [C-]#[N+]c1ccc(N[C@@H](C(=O)NNC(=O)c2cccc(O[Si](C)(C)C(C)(C)C)c2)[C@@H](C)O[Si](C)(C)C(C)(C)C)c(C)c1Cl. The normalized spacial score (nSPS) is 13.9. The largest absolute Gasteiger partial charge is 0.543 e. The molecule has 0 saturated heterocycles. The zero-order valence-corrected chi connectivity index (χ0v) is 29.8. The van der Waals surface area contributed by atoms with Gasteiger partial charge in [-0.05, 0) is 79.9 Å². The van der Waals surface area contributed by atoms with Crippen LogP contribution in [0.2, 0.25) is 41.3 Å². The lowest BCUT2D eigenvalue weighted by atomic mass is 10.1. The van der Waals surface area contributed by atoms with E-state index in [1.165, 1.54) is 0 Å². The van der Waals surface area contributed by atoms with Crippen LogP contribution in [0.25, 0.3) is 4.85 Å². The van der Waals surface area contributed by atoms with E-state index in [4.69, 9.17) is 27.0 Å². The van der Waals surface area contributed by atoms with Crippen LogP contribution in [-0.4, -0.2) is 40.6 Å². The fourth-order valence-corrected chi connectivity index (χ4v) is 6.25. The molecule has 0 spiro atoms. The molecule has 2 aromatic carbocycles. The third-order valence-corrected chi connectivity index (χ3v) is 17.8. The highest BCUT2D eigenvalue weighted by atomic mass is 35.5. The summed E-state index contributed by atoms with van der Waals surface area (Å²) in [5.74, 6) is -0.332. The van der Waals surface area contributed by atoms with Crippen LogP contribution in [0.15, 0.2) is 36.4 Å². The minimum absolute atomic E-state index is 0.00328. The molecule has 0 aliphatic carbocycles. The summed E-state index contributed by atoms with van der Waals surface area (Å²) >= 11 is 6.41. The fraction of sp³-hybridized carbons (Fsp3) is 0.516. The molecular formula is C31H47ClN4O4Si2. The maximum Gasteiger partial charge on any atom is 0.269 e. The fourth-order valence-electron chi connectivity index (χ4n) is 3.60. The van der Waals surface area contributed by atoms with E-state index in [0.717, 1.165) is 0 Å². The molecule has 3 N–H and O–H groups in total. The van der Waals surface area contributed by atoms with E-state index in [1.54, 1.807) is 37.3 Å². The maximum atomic E-state index is 13.6. The summed E-state index contributed by atoms with van der Waals surface area (Å²) in [5.41, 5.74) is 7.05. The molecule has 0 aliphatic heterocycles. The van der Waals surface area contributed by atoms with Crippen molar-refractivity contribution in [2.75, 3.05) is 5.32 Å². The number of carbonyl (C=O) groups is 2. The second kappa shape index (κ2) is 13.2. The average molecular weight is 631 g/mol. The molecule has 2 amide bonds. The van der Waals surface area contributed by atoms with Gasteiger partial charge in [-0.1, -0.05) is 65.3 Å². The molecule has 0 aromatic heterocycles. The third kappa shape index (κ3) is 8.60. The number of anilines is 1. The van der Waals surface area contributed by atoms with Crippen LogP contribution in [0.4, 0.5) is 11.4 Å². The molecule has 2 rings (SSSR count). The van der Waals surface area contributed by atoms with Crippen LogP contribution in [-0.2, 0) is 9.22 Å². The van der Waals surface area contributed by atoms with Crippen LogP contribution >= 0.6 is 11.6 Å². The molecular weight excluding hydrogens is 584 g/mol. The molecule has 11 heteroatoms. The Hall–Kier alpha value is -2.85. The van der Waals surface area contributed by atoms with Crippen molar-refractivity contribution in [3.8, 4) is 5.75 Å². The zero-order chi connectivity index (χ0) is 32.3. The standard InChI is InChI=1S/C31H47ClN4O4Si2/c1-20-24(17-18-25(33-9)26(20)32)34-27(21(2)39-41(10,11)30(3,4)5)29(38)36-35-28(37)22-15-14-16-23(19-22)40-42(12,13)31(6,7)8/h14-19,21,27,34H,1-8,10-13H3,(H,35,37)(H,36,38)/t21-,27-/m1/s1. The Morgan fingerprint density at radius 1 is 0.952 bits per heavy atom. The smallest absolute Gasteiger partial charge is 0.269 e. The summed E-state index contributed by atoms with van der Waals surface area (Å²) in [6.07, 6.45) is -0.553.